The van der Waals surface area contributed by atoms with E-state index in [4.69, 9.17) is 5.11 Å². The lowest BCUT2D eigenvalue weighted by Gasteiger charge is -2.40. The highest BCUT2D eigenvalue weighted by Crippen LogP contribution is 2.50. The third-order valence-electron chi connectivity index (χ3n) is 5.63. The second-order valence-corrected chi connectivity index (χ2v) is 7.56. The molecular weight excluding hydrogens is 336 g/mol. The third-order valence-corrected chi connectivity index (χ3v) is 6.13. The standard InChI is InChI=1S/C18H22N4O2S/c23-10-9-22-7-5-18(6-8-22)11-15(13-3-1-2-4-14(13)18)19-17(24)16-12-25-21-20-16/h1-4,12,15,23H,5-11H2,(H,19,24). The molecule has 0 bridgehead atoms. The third kappa shape index (κ3) is 3.07. The number of carbonyl (C=O) groups is 1. The number of likely N-dealkylation sites (tertiary alicyclic amines) is 1. The summed E-state index contributed by atoms with van der Waals surface area (Å²) in [7, 11) is 0. The first kappa shape index (κ1) is 16.6. The normalized spacial score (nSPS) is 22.0. The van der Waals surface area contributed by atoms with E-state index in [9.17, 15) is 4.79 Å². The molecule has 2 aliphatic rings. The summed E-state index contributed by atoms with van der Waals surface area (Å²) in [6.45, 7) is 2.94. The Bertz CT molecular complexity index is 741. The molecule has 0 radical (unpaired) electrons. The van der Waals surface area contributed by atoms with Crippen LogP contribution in [0.1, 0.15) is 46.9 Å². The molecule has 1 aromatic heterocycles. The molecule has 2 heterocycles. The Labute approximate surface area is 151 Å². The molecule has 1 atom stereocenters. The average Bonchev–Trinajstić information content (AvgIpc) is 3.26. The fraction of sp³-hybridized carbons (Fsp3) is 0.500. The molecule has 2 aromatic rings. The van der Waals surface area contributed by atoms with Gasteiger partial charge in [-0.3, -0.25) is 4.79 Å². The van der Waals surface area contributed by atoms with Gasteiger partial charge >= 0.3 is 0 Å². The summed E-state index contributed by atoms with van der Waals surface area (Å²) < 4.78 is 3.78. The first-order valence-corrected chi connectivity index (χ1v) is 9.56. The van der Waals surface area contributed by atoms with E-state index in [1.165, 1.54) is 22.7 Å². The van der Waals surface area contributed by atoms with Gasteiger partial charge in [0.2, 0.25) is 0 Å². The fourth-order valence-corrected chi connectivity index (χ4v) is 4.77. The van der Waals surface area contributed by atoms with Crippen LogP contribution < -0.4 is 5.32 Å². The maximum absolute atomic E-state index is 12.4. The van der Waals surface area contributed by atoms with Crippen LogP contribution in [0.5, 0.6) is 0 Å². The first-order chi connectivity index (χ1) is 12.2. The van der Waals surface area contributed by atoms with Gasteiger partial charge in [-0.2, -0.15) is 0 Å². The van der Waals surface area contributed by atoms with Crippen molar-refractivity contribution in [1.82, 2.24) is 19.8 Å². The van der Waals surface area contributed by atoms with E-state index in [0.29, 0.717) is 5.69 Å². The van der Waals surface area contributed by atoms with Crippen LogP contribution in [0, 0.1) is 0 Å². The lowest BCUT2D eigenvalue weighted by molar-refractivity contribution is 0.0916. The van der Waals surface area contributed by atoms with E-state index < -0.39 is 0 Å². The molecule has 1 fully saturated rings. The van der Waals surface area contributed by atoms with Crippen molar-refractivity contribution < 1.29 is 9.90 Å². The number of aliphatic hydroxyl groups excluding tert-OH is 1. The van der Waals surface area contributed by atoms with Gasteiger partial charge in [0.15, 0.2) is 5.69 Å². The number of benzene rings is 1. The molecule has 0 saturated carbocycles. The highest BCUT2D eigenvalue weighted by Gasteiger charge is 2.45. The van der Waals surface area contributed by atoms with Crippen LogP contribution in [0.4, 0.5) is 0 Å². The molecule has 4 rings (SSSR count). The van der Waals surface area contributed by atoms with Gasteiger partial charge in [-0.05, 0) is 55.0 Å². The highest BCUT2D eigenvalue weighted by molar-refractivity contribution is 7.03. The molecule has 1 aromatic carbocycles. The van der Waals surface area contributed by atoms with Gasteiger partial charge in [0, 0.05) is 17.3 Å². The number of nitrogens with zero attached hydrogens (tertiary/aromatic N) is 3. The maximum atomic E-state index is 12.4. The zero-order chi connectivity index (χ0) is 17.3. The Balaban J connectivity index is 1.55. The number of aliphatic hydroxyl groups is 1. The van der Waals surface area contributed by atoms with Gasteiger partial charge < -0.3 is 15.3 Å². The van der Waals surface area contributed by atoms with Gasteiger partial charge in [0.25, 0.3) is 5.91 Å². The second kappa shape index (κ2) is 6.82. The van der Waals surface area contributed by atoms with E-state index in [1.807, 2.05) is 6.07 Å². The Kier molecular flexibility index (Phi) is 4.54. The van der Waals surface area contributed by atoms with Crippen molar-refractivity contribution in [3.8, 4) is 0 Å². The Morgan fingerprint density at radius 1 is 1.36 bits per heavy atom. The number of hydrogen-bond donors (Lipinski definition) is 2. The number of rotatable bonds is 4. The summed E-state index contributed by atoms with van der Waals surface area (Å²) in [5.74, 6) is -0.150. The van der Waals surface area contributed by atoms with Crippen molar-refractivity contribution >= 4 is 17.4 Å². The van der Waals surface area contributed by atoms with Crippen molar-refractivity contribution in [2.45, 2.75) is 30.7 Å². The number of amides is 1. The SMILES string of the molecule is O=C(NC1CC2(CCN(CCO)CC2)c2ccccc21)c1csnn1. The van der Waals surface area contributed by atoms with Gasteiger partial charge in [-0.1, -0.05) is 28.8 Å². The smallest absolute Gasteiger partial charge is 0.273 e. The average molecular weight is 358 g/mol. The van der Waals surface area contributed by atoms with Gasteiger partial charge in [-0.25, -0.2) is 0 Å². The number of β-amino-alcohol motifs (C(OH)–C–C–N with tert-alkyl or cyclic N) is 1. The summed E-state index contributed by atoms with van der Waals surface area (Å²) >= 11 is 1.19. The van der Waals surface area contributed by atoms with Crippen LogP contribution in [0.15, 0.2) is 29.6 Å². The number of nitrogens with one attached hydrogen (secondary N) is 1. The molecule has 7 heteroatoms. The summed E-state index contributed by atoms with van der Waals surface area (Å²) in [6, 6.07) is 8.51. The minimum absolute atomic E-state index is 0.0230. The van der Waals surface area contributed by atoms with Crippen LogP contribution in [-0.2, 0) is 5.41 Å². The lowest BCUT2D eigenvalue weighted by Crippen LogP contribution is -2.43. The Hall–Kier alpha value is -1.83. The molecule has 25 heavy (non-hydrogen) atoms. The Morgan fingerprint density at radius 2 is 2.16 bits per heavy atom. The van der Waals surface area contributed by atoms with Crippen LogP contribution >= 0.6 is 11.5 Å². The topological polar surface area (TPSA) is 78.4 Å². The van der Waals surface area contributed by atoms with E-state index in [-0.39, 0.29) is 24.0 Å². The van der Waals surface area contributed by atoms with Crippen molar-refractivity contribution in [3.05, 3.63) is 46.5 Å². The second-order valence-electron chi connectivity index (χ2n) is 6.95. The molecule has 1 aliphatic heterocycles. The predicted octanol–water partition coefficient (Wildman–Crippen LogP) is 1.74. The van der Waals surface area contributed by atoms with E-state index in [0.717, 1.165) is 38.9 Å². The number of fused-ring (bicyclic) bond motifs is 2. The van der Waals surface area contributed by atoms with Crippen molar-refractivity contribution in [2.24, 2.45) is 0 Å². The van der Waals surface area contributed by atoms with Gasteiger partial charge in [0.05, 0.1) is 12.6 Å². The van der Waals surface area contributed by atoms with Gasteiger partial charge in [-0.15, -0.1) is 5.10 Å². The molecule has 132 valence electrons. The number of carbonyl (C=O) groups excluding carboxylic acids is 1. The van der Waals surface area contributed by atoms with Crippen molar-refractivity contribution in [3.63, 3.8) is 0 Å². The minimum Gasteiger partial charge on any atom is -0.395 e. The molecule has 1 unspecified atom stereocenters. The van der Waals surface area contributed by atoms with Crippen molar-refractivity contribution in [1.29, 1.82) is 0 Å². The largest absolute Gasteiger partial charge is 0.395 e. The van der Waals surface area contributed by atoms with Crippen LogP contribution in [0.25, 0.3) is 0 Å². The van der Waals surface area contributed by atoms with Crippen LogP contribution in [0.2, 0.25) is 0 Å². The molecule has 1 saturated heterocycles. The summed E-state index contributed by atoms with van der Waals surface area (Å²) in [4.78, 5) is 14.8. The summed E-state index contributed by atoms with van der Waals surface area (Å²) in [6.07, 6.45) is 3.06. The number of aromatic nitrogens is 2. The lowest BCUT2D eigenvalue weighted by atomic mass is 9.73. The number of hydrogen-bond acceptors (Lipinski definition) is 6. The van der Waals surface area contributed by atoms with E-state index in [1.54, 1.807) is 5.38 Å². The van der Waals surface area contributed by atoms with Crippen molar-refractivity contribution in [2.75, 3.05) is 26.2 Å². The van der Waals surface area contributed by atoms with Gasteiger partial charge in [0.1, 0.15) is 0 Å². The number of piperidine rings is 1. The van der Waals surface area contributed by atoms with E-state index >= 15 is 0 Å². The molecule has 1 spiro atoms. The summed E-state index contributed by atoms with van der Waals surface area (Å²) in [5.41, 5.74) is 3.12. The van der Waals surface area contributed by atoms with Crippen LogP contribution in [0.3, 0.4) is 0 Å². The molecule has 1 aliphatic carbocycles. The molecular formula is C18H22N4O2S. The zero-order valence-electron chi connectivity index (χ0n) is 14.0. The molecule has 6 nitrogen and oxygen atoms in total. The fourth-order valence-electron chi connectivity index (χ4n) is 4.34. The quantitative estimate of drug-likeness (QED) is 0.870. The van der Waals surface area contributed by atoms with Crippen LogP contribution in [-0.4, -0.2) is 51.7 Å². The first-order valence-electron chi connectivity index (χ1n) is 8.72. The summed E-state index contributed by atoms with van der Waals surface area (Å²) in [5, 5.41) is 17.9. The minimum atomic E-state index is -0.150. The monoisotopic (exact) mass is 358 g/mol. The predicted molar refractivity (Wildman–Crippen MR) is 95.6 cm³/mol. The molecule has 2 N–H and O–H groups in total. The Morgan fingerprint density at radius 3 is 2.88 bits per heavy atom. The maximum Gasteiger partial charge on any atom is 0.273 e. The van der Waals surface area contributed by atoms with E-state index in [2.05, 4.69) is 38.0 Å². The molecule has 1 amide bonds. The highest BCUT2D eigenvalue weighted by atomic mass is 32.1. The zero-order valence-corrected chi connectivity index (χ0v) is 14.8.